The van der Waals surface area contributed by atoms with E-state index in [4.69, 9.17) is 0 Å². The summed E-state index contributed by atoms with van der Waals surface area (Å²) in [6, 6.07) is 0. The molecule has 29 heavy (non-hydrogen) atoms. The van der Waals surface area contributed by atoms with E-state index in [9.17, 15) is 19.2 Å². The van der Waals surface area contributed by atoms with Gasteiger partial charge in [-0.05, 0) is 45.4 Å². The highest BCUT2D eigenvalue weighted by molar-refractivity contribution is 5.83. The van der Waals surface area contributed by atoms with Gasteiger partial charge in [0, 0.05) is 44.2 Å². The molecule has 0 rings (SSSR count). The lowest BCUT2D eigenvalue weighted by Crippen LogP contribution is -2.25. The number of nitrogens with one attached hydrogen (secondary N) is 2. The quantitative estimate of drug-likeness (QED) is 0.353. The zero-order chi connectivity index (χ0) is 22.1. The fourth-order valence-electron chi connectivity index (χ4n) is 2.84. The molecule has 0 heterocycles. The molecule has 6 nitrogen and oxygen atoms in total. The predicted molar refractivity (Wildman–Crippen MR) is 117 cm³/mol. The maximum Gasteiger partial charge on any atom is 0.219 e. The number of hydrogen-bond acceptors (Lipinski definition) is 4. The van der Waals surface area contributed by atoms with Crippen LogP contribution in [0.3, 0.4) is 0 Å². The van der Waals surface area contributed by atoms with Crippen molar-refractivity contribution in [3.05, 3.63) is 0 Å². The van der Waals surface area contributed by atoms with Crippen molar-refractivity contribution in [1.29, 1.82) is 0 Å². The van der Waals surface area contributed by atoms with Crippen LogP contribution in [0.5, 0.6) is 0 Å². The number of ketones is 2. The topological polar surface area (TPSA) is 92.3 Å². The Balaban J connectivity index is 3.48. The molecule has 168 valence electrons. The van der Waals surface area contributed by atoms with E-state index in [0.29, 0.717) is 57.4 Å². The van der Waals surface area contributed by atoms with E-state index < -0.39 is 0 Å². The van der Waals surface area contributed by atoms with Crippen LogP contribution in [0.2, 0.25) is 0 Å². The van der Waals surface area contributed by atoms with Gasteiger partial charge in [-0.25, -0.2) is 0 Å². The molecule has 0 spiro atoms. The molecule has 0 aromatic heterocycles. The van der Waals surface area contributed by atoms with Crippen LogP contribution in [-0.2, 0) is 19.2 Å². The van der Waals surface area contributed by atoms with Gasteiger partial charge < -0.3 is 15.4 Å². The number of hydrogen-bond donors (Lipinski definition) is 2. The van der Waals surface area contributed by atoms with E-state index in [1.54, 1.807) is 6.92 Å². The number of carbonyl (C=O) groups is 4. The Hall–Kier alpha value is -1.72. The first-order valence-electron chi connectivity index (χ1n) is 11.2. The third-order valence-electron chi connectivity index (χ3n) is 4.82. The molecule has 0 unspecified atom stereocenters. The van der Waals surface area contributed by atoms with Crippen molar-refractivity contribution in [2.75, 3.05) is 13.1 Å². The number of unbranched alkanes of at least 4 members (excludes halogenated alkanes) is 5. The summed E-state index contributed by atoms with van der Waals surface area (Å²) in [5.41, 5.74) is -0.263. The zero-order valence-electron chi connectivity index (χ0n) is 19.0. The molecule has 2 amide bonds. The van der Waals surface area contributed by atoms with Gasteiger partial charge in [-0.3, -0.25) is 14.4 Å². The van der Waals surface area contributed by atoms with E-state index in [2.05, 4.69) is 10.6 Å². The van der Waals surface area contributed by atoms with Gasteiger partial charge in [-0.1, -0.05) is 33.6 Å². The van der Waals surface area contributed by atoms with Gasteiger partial charge in [0.1, 0.15) is 11.6 Å². The van der Waals surface area contributed by atoms with Crippen molar-refractivity contribution in [3.8, 4) is 0 Å². The Kier molecular flexibility index (Phi) is 15.2. The molecule has 0 aromatic rings. The second-order valence-corrected chi connectivity index (χ2v) is 8.90. The average molecular weight is 411 g/mol. The van der Waals surface area contributed by atoms with Crippen LogP contribution in [0.25, 0.3) is 0 Å². The number of amides is 2. The maximum atomic E-state index is 11.8. The molecule has 2 N–H and O–H groups in total. The third-order valence-corrected chi connectivity index (χ3v) is 4.82. The van der Waals surface area contributed by atoms with Crippen LogP contribution in [0.4, 0.5) is 0 Å². The van der Waals surface area contributed by atoms with E-state index in [1.807, 2.05) is 20.8 Å². The lowest BCUT2D eigenvalue weighted by atomic mass is 9.88. The fraction of sp³-hybridized carbons (Fsp3) is 0.826. The summed E-state index contributed by atoms with van der Waals surface area (Å²) in [7, 11) is 0. The second-order valence-electron chi connectivity index (χ2n) is 8.90. The van der Waals surface area contributed by atoms with Crippen molar-refractivity contribution in [2.45, 2.75) is 105 Å². The largest absolute Gasteiger partial charge is 0.356 e. The van der Waals surface area contributed by atoms with Crippen LogP contribution in [0, 0.1) is 5.41 Å². The van der Waals surface area contributed by atoms with Crippen LogP contribution < -0.4 is 10.6 Å². The minimum atomic E-state index is -0.263. The van der Waals surface area contributed by atoms with Gasteiger partial charge in [0.15, 0.2) is 0 Å². The van der Waals surface area contributed by atoms with Crippen molar-refractivity contribution >= 4 is 23.4 Å². The van der Waals surface area contributed by atoms with Gasteiger partial charge in [0.05, 0.1) is 0 Å². The molecule has 0 aliphatic heterocycles. The second kappa shape index (κ2) is 16.1. The van der Waals surface area contributed by atoms with E-state index in [1.165, 1.54) is 0 Å². The minimum Gasteiger partial charge on any atom is -0.356 e. The van der Waals surface area contributed by atoms with E-state index in [-0.39, 0.29) is 23.0 Å². The van der Waals surface area contributed by atoms with Gasteiger partial charge >= 0.3 is 0 Å². The zero-order valence-corrected chi connectivity index (χ0v) is 19.0. The maximum absolute atomic E-state index is 11.8. The Bertz CT molecular complexity index is 509. The monoisotopic (exact) mass is 410 g/mol. The van der Waals surface area contributed by atoms with Gasteiger partial charge in [-0.2, -0.15) is 0 Å². The number of Topliss-reactive ketones (excluding diaryl/α,β-unsaturated/α-hetero) is 2. The standard InChI is InChI=1S/C23H42N2O4/c1-19(26)13-7-5-11-17-24-21(28)15-9-10-16-22(29)25-18-12-6-8-14-20(27)23(2,3)4/h5-18H2,1-4H3,(H,24,28)(H,25,29). The summed E-state index contributed by atoms with van der Waals surface area (Å²) in [5.74, 6) is 0.563. The van der Waals surface area contributed by atoms with Crippen molar-refractivity contribution in [3.63, 3.8) is 0 Å². The molecule has 0 aromatic carbocycles. The third kappa shape index (κ3) is 18.1. The summed E-state index contributed by atoms with van der Waals surface area (Å²) in [5, 5.41) is 5.78. The Morgan fingerprint density at radius 3 is 1.41 bits per heavy atom. The van der Waals surface area contributed by atoms with Gasteiger partial charge in [-0.15, -0.1) is 0 Å². The Morgan fingerprint density at radius 1 is 0.586 bits per heavy atom. The van der Waals surface area contributed by atoms with Gasteiger partial charge in [0.2, 0.25) is 11.8 Å². The highest BCUT2D eigenvalue weighted by atomic mass is 16.2. The first kappa shape index (κ1) is 27.3. The molecular weight excluding hydrogens is 368 g/mol. The first-order chi connectivity index (χ1) is 13.6. The smallest absolute Gasteiger partial charge is 0.219 e. The summed E-state index contributed by atoms with van der Waals surface area (Å²) in [6.45, 7) is 8.72. The highest BCUT2D eigenvalue weighted by Crippen LogP contribution is 2.18. The molecular formula is C23H42N2O4. The van der Waals surface area contributed by atoms with Crippen molar-refractivity contribution in [1.82, 2.24) is 10.6 Å². The lowest BCUT2D eigenvalue weighted by molar-refractivity contribution is -0.126. The Morgan fingerprint density at radius 2 is 1.00 bits per heavy atom. The molecule has 0 radical (unpaired) electrons. The molecule has 0 bridgehead atoms. The number of rotatable bonds is 17. The molecule has 0 atom stereocenters. The van der Waals surface area contributed by atoms with Crippen LogP contribution in [-0.4, -0.2) is 36.5 Å². The summed E-state index contributed by atoms with van der Waals surface area (Å²) < 4.78 is 0. The molecule has 0 saturated heterocycles. The summed E-state index contributed by atoms with van der Waals surface area (Å²) in [6.07, 6.45) is 8.96. The minimum absolute atomic E-state index is 0.0293. The summed E-state index contributed by atoms with van der Waals surface area (Å²) in [4.78, 5) is 46.1. The van der Waals surface area contributed by atoms with Gasteiger partial charge in [0.25, 0.3) is 0 Å². The fourth-order valence-corrected chi connectivity index (χ4v) is 2.84. The van der Waals surface area contributed by atoms with Crippen LogP contribution in [0.1, 0.15) is 105 Å². The Labute approximate surface area is 177 Å². The summed E-state index contributed by atoms with van der Waals surface area (Å²) >= 11 is 0. The normalized spacial score (nSPS) is 11.2. The van der Waals surface area contributed by atoms with E-state index in [0.717, 1.165) is 38.5 Å². The lowest BCUT2D eigenvalue weighted by Gasteiger charge is -2.16. The molecule has 0 aliphatic carbocycles. The highest BCUT2D eigenvalue weighted by Gasteiger charge is 2.19. The first-order valence-corrected chi connectivity index (χ1v) is 11.2. The molecule has 0 saturated carbocycles. The molecule has 0 fully saturated rings. The van der Waals surface area contributed by atoms with Crippen LogP contribution in [0.15, 0.2) is 0 Å². The molecule has 0 aliphatic rings. The average Bonchev–Trinajstić information content (AvgIpc) is 2.63. The van der Waals surface area contributed by atoms with Crippen LogP contribution >= 0.6 is 0 Å². The predicted octanol–water partition coefficient (Wildman–Crippen LogP) is 4.10. The van der Waals surface area contributed by atoms with Crippen molar-refractivity contribution in [2.24, 2.45) is 5.41 Å². The molecule has 6 heteroatoms. The SMILES string of the molecule is CC(=O)CCCCCNC(=O)CCCCC(=O)NCCCCCC(=O)C(C)(C)C. The van der Waals surface area contributed by atoms with E-state index >= 15 is 0 Å². The number of carbonyl (C=O) groups excluding carboxylic acids is 4. The van der Waals surface area contributed by atoms with Crippen molar-refractivity contribution < 1.29 is 19.2 Å².